The predicted molar refractivity (Wildman–Crippen MR) is 58.5 cm³/mol. The van der Waals surface area contributed by atoms with Crippen LogP contribution in [-0.2, 0) is 0 Å². The lowest BCUT2D eigenvalue weighted by atomic mass is 10.1. The van der Waals surface area contributed by atoms with E-state index in [1.807, 2.05) is 0 Å². The summed E-state index contributed by atoms with van der Waals surface area (Å²) < 4.78 is 13.5. The summed E-state index contributed by atoms with van der Waals surface area (Å²) in [7, 11) is 0. The average molecular weight is 209 g/mol. The zero-order chi connectivity index (χ0) is 10.8. The van der Waals surface area contributed by atoms with Crippen molar-refractivity contribution in [2.75, 3.05) is 18.0 Å². The van der Waals surface area contributed by atoms with Gasteiger partial charge in [0.2, 0.25) is 0 Å². The third-order valence-corrected chi connectivity index (χ3v) is 2.82. The minimum Gasteiger partial charge on any atom is -0.364 e. The Morgan fingerprint density at radius 2 is 2.33 bits per heavy atom. The maximum absolute atomic E-state index is 13.5. The van der Waals surface area contributed by atoms with E-state index < -0.39 is 0 Å². The number of aromatic nitrogens is 1. The van der Waals surface area contributed by atoms with Gasteiger partial charge in [-0.3, -0.25) is 4.98 Å². The van der Waals surface area contributed by atoms with Crippen LogP contribution in [0.15, 0.2) is 18.5 Å². The van der Waals surface area contributed by atoms with Gasteiger partial charge in [-0.15, -0.1) is 0 Å². The zero-order valence-corrected chi connectivity index (χ0v) is 9.07. The Balaban J connectivity index is 2.25. The molecule has 0 aromatic carbocycles. The summed E-state index contributed by atoms with van der Waals surface area (Å²) in [6.45, 7) is 5.93. The summed E-state index contributed by atoms with van der Waals surface area (Å²) in [5.41, 5.74) is 0.658. The number of piperazine rings is 1. The highest BCUT2D eigenvalue weighted by atomic mass is 19.1. The number of nitrogens with zero attached hydrogens (tertiary/aromatic N) is 2. The molecule has 4 heteroatoms. The van der Waals surface area contributed by atoms with Crippen LogP contribution in [-0.4, -0.2) is 30.2 Å². The van der Waals surface area contributed by atoms with E-state index in [0.717, 1.165) is 13.1 Å². The van der Waals surface area contributed by atoms with Crippen LogP contribution >= 0.6 is 0 Å². The first kappa shape index (κ1) is 10.4. The Morgan fingerprint density at radius 1 is 1.53 bits per heavy atom. The highest BCUT2D eigenvalue weighted by molar-refractivity contribution is 5.48. The van der Waals surface area contributed by atoms with Gasteiger partial charge in [0.25, 0.3) is 0 Å². The van der Waals surface area contributed by atoms with Crippen LogP contribution in [0.25, 0.3) is 0 Å². The normalized spacial score (nSPS) is 26.7. The molecule has 0 amide bonds. The molecule has 0 saturated carbocycles. The highest BCUT2D eigenvalue weighted by Gasteiger charge is 2.24. The standard InChI is InChI=1S/C11H16FN3/c1-8-7-15(9(2)5-14-8)11-3-4-13-6-10(11)12/h3-4,6,8-9,14H,5,7H2,1-2H3. The van der Waals surface area contributed by atoms with E-state index in [1.54, 1.807) is 12.3 Å². The molecule has 2 unspecified atom stereocenters. The number of hydrogen-bond acceptors (Lipinski definition) is 3. The fraction of sp³-hybridized carbons (Fsp3) is 0.545. The monoisotopic (exact) mass is 209 g/mol. The van der Waals surface area contributed by atoms with Crippen molar-refractivity contribution in [2.45, 2.75) is 25.9 Å². The Hall–Kier alpha value is -1.16. The molecule has 3 nitrogen and oxygen atoms in total. The van der Waals surface area contributed by atoms with Crippen LogP contribution in [0.4, 0.5) is 10.1 Å². The fourth-order valence-electron chi connectivity index (χ4n) is 1.96. The largest absolute Gasteiger partial charge is 0.364 e. The molecule has 2 atom stereocenters. The van der Waals surface area contributed by atoms with Crippen LogP contribution in [0.3, 0.4) is 0 Å². The van der Waals surface area contributed by atoms with Gasteiger partial charge < -0.3 is 10.2 Å². The SMILES string of the molecule is CC1CN(c2ccncc2F)C(C)CN1. The van der Waals surface area contributed by atoms with Crippen LogP contribution in [0.2, 0.25) is 0 Å². The summed E-state index contributed by atoms with van der Waals surface area (Å²) in [5.74, 6) is -0.238. The molecular weight excluding hydrogens is 193 g/mol. The van der Waals surface area contributed by atoms with Gasteiger partial charge in [0.1, 0.15) is 0 Å². The van der Waals surface area contributed by atoms with E-state index in [2.05, 4.69) is 29.0 Å². The maximum atomic E-state index is 13.5. The quantitative estimate of drug-likeness (QED) is 0.758. The topological polar surface area (TPSA) is 28.2 Å². The molecule has 1 fully saturated rings. The Labute approximate surface area is 89.3 Å². The summed E-state index contributed by atoms with van der Waals surface area (Å²) >= 11 is 0. The van der Waals surface area contributed by atoms with Crippen molar-refractivity contribution in [3.63, 3.8) is 0 Å². The molecule has 2 rings (SSSR count). The van der Waals surface area contributed by atoms with Crippen LogP contribution in [0.1, 0.15) is 13.8 Å². The summed E-state index contributed by atoms with van der Waals surface area (Å²) in [4.78, 5) is 5.86. The molecular formula is C11H16FN3. The molecule has 1 N–H and O–H groups in total. The smallest absolute Gasteiger partial charge is 0.164 e. The van der Waals surface area contributed by atoms with Crippen molar-refractivity contribution in [3.05, 3.63) is 24.3 Å². The lowest BCUT2D eigenvalue weighted by Crippen LogP contribution is -2.54. The third kappa shape index (κ3) is 2.09. The first-order chi connectivity index (χ1) is 7.18. The first-order valence-corrected chi connectivity index (χ1v) is 5.28. The van der Waals surface area contributed by atoms with E-state index in [-0.39, 0.29) is 5.82 Å². The molecule has 1 aliphatic heterocycles. The summed E-state index contributed by atoms with van der Waals surface area (Å²) in [5, 5.41) is 3.37. The van der Waals surface area contributed by atoms with Gasteiger partial charge in [0.05, 0.1) is 11.9 Å². The fourth-order valence-corrected chi connectivity index (χ4v) is 1.96. The Kier molecular flexibility index (Phi) is 2.86. The number of halogens is 1. The Morgan fingerprint density at radius 3 is 3.07 bits per heavy atom. The van der Waals surface area contributed by atoms with Crippen LogP contribution < -0.4 is 10.2 Å². The second-order valence-corrected chi connectivity index (χ2v) is 4.14. The minimum absolute atomic E-state index is 0.238. The van der Waals surface area contributed by atoms with Gasteiger partial charge in [-0.2, -0.15) is 0 Å². The molecule has 0 aliphatic carbocycles. The Bertz CT molecular complexity index is 342. The van der Waals surface area contributed by atoms with Gasteiger partial charge in [-0.05, 0) is 19.9 Å². The van der Waals surface area contributed by atoms with Crippen molar-refractivity contribution in [1.29, 1.82) is 0 Å². The van der Waals surface area contributed by atoms with Crippen LogP contribution in [0.5, 0.6) is 0 Å². The van der Waals surface area contributed by atoms with Crippen LogP contribution in [0, 0.1) is 5.82 Å². The van der Waals surface area contributed by atoms with Crippen molar-refractivity contribution < 1.29 is 4.39 Å². The molecule has 1 saturated heterocycles. The molecule has 0 radical (unpaired) electrons. The van der Waals surface area contributed by atoms with Gasteiger partial charge in [0, 0.05) is 31.4 Å². The lowest BCUT2D eigenvalue weighted by molar-refractivity contribution is 0.420. The number of nitrogens with one attached hydrogen (secondary N) is 1. The third-order valence-electron chi connectivity index (χ3n) is 2.82. The molecule has 82 valence electrons. The van der Waals surface area contributed by atoms with E-state index in [1.165, 1.54) is 6.20 Å². The molecule has 15 heavy (non-hydrogen) atoms. The van der Waals surface area contributed by atoms with Crippen molar-refractivity contribution in [3.8, 4) is 0 Å². The first-order valence-electron chi connectivity index (χ1n) is 5.28. The predicted octanol–water partition coefficient (Wildman–Crippen LogP) is 1.41. The molecule has 1 aromatic rings. The van der Waals surface area contributed by atoms with Gasteiger partial charge in [0.15, 0.2) is 5.82 Å². The number of hydrogen-bond donors (Lipinski definition) is 1. The number of anilines is 1. The van der Waals surface area contributed by atoms with Gasteiger partial charge >= 0.3 is 0 Å². The molecule has 1 aliphatic rings. The van der Waals surface area contributed by atoms with Crippen molar-refractivity contribution in [1.82, 2.24) is 10.3 Å². The molecule has 1 aromatic heterocycles. The second kappa shape index (κ2) is 4.14. The van der Waals surface area contributed by atoms with Crippen molar-refractivity contribution in [2.24, 2.45) is 0 Å². The average Bonchev–Trinajstić information content (AvgIpc) is 2.23. The minimum atomic E-state index is -0.238. The highest BCUT2D eigenvalue weighted by Crippen LogP contribution is 2.21. The van der Waals surface area contributed by atoms with E-state index in [4.69, 9.17) is 0 Å². The molecule has 2 heterocycles. The maximum Gasteiger partial charge on any atom is 0.164 e. The van der Waals surface area contributed by atoms with E-state index >= 15 is 0 Å². The van der Waals surface area contributed by atoms with E-state index in [0.29, 0.717) is 17.8 Å². The molecule has 0 bridgehead atoms. The lowest BCUT2D eigenvalue weighted by Gasteiger charge is -2.39. The number of rotatable bonds is 1. The second-order valence-electron chi connectivity index (χ2n) is 4.14. The van der Waals surface area contributed by atoms with Gasteiger partial charge in [-0.25, -0.2) is 4.39 Å². The number of pyridine rings is 1. The van der Waals surface area contributed by atoms with E-state index in [9.17, 15) is 4.39 Å². The summed E-state index contributed by atoms with van der Waals surface area (Å²) in [6.07, 6.45) is 2.91. The zero-order valence-electron chi connectivity index (χ0n) is 9.07. The van der Waals surface area contributed by atoms with Gasteiger partial charge in [-0.1, -0.05) is 0 Å². The van der Waals surface area contributed by atoms with Crippen molar-refractivity contribution >= 4 is 5.69 Å². The molecule has 0 spiro atoms. The summed E-state index contributed by atoms with van der Waals surface area (Å²) in [6, 6.07) is 2.45.